The van der Waals surface area contributed by atoms with Gasteiger partial charge >= 0.3 is 5.97 Å². The van der Waals surface area contributed by atoms with Crippen LogP contribution >= 0.6 is 0 Å². The topological polar surface area (TPSA) is 56.5 Å². The third-order valence-corrected chi connectivity index (χ3v) is 6.31. The molecule has 0 N–H and O–H groups in total. The van der Waals surface area contributed by atoms with Crippen LogP contribution in [0.25, 0.3) is 0 Å². The molecular weight excluding hydrogens is 304 g/mol. The summed E-state index contributed by atoms with van der Waals surface area (Å²) in [6.07, 6.45) is 5.82. The van der Waals surface area contributed by atoms with Gasteiger partial charge in [-0.1, -0.05) is 26.3 Å². The van der Waals surface area contributed by atoms with Gasteiger partial charge in [0.25, 0.3) is 0 Å². The van der Waals surface area contributed by atoms with Crippen LogP contribution in [0.1, 0.15) is 74.7 Å². The molecule has 0 bridgehead atoms. The highest BCUT2D eigenvalue weighted by molar-refractivity contribution is 5.99. The van der Waals surface area contributed by atoms with E-state index in [2.05, 4.69) is 13.8 Å². The summed E-state index contributed by atoms with van der Waals surface area (Å²) in [6, 6.07) is 0. The van der Waals surface area contributed by atoms with Crippen molar-refractivity contribution in [1.29, 1.82) is 0 Å². The minimum atomic E-state index is -0.438. The average molecular weight is 330 g/mol. The molecule has 0 aliphatic heterocycles. The predicted octanol–water partition coefficient (Wildman–Crippen LogP) is 4.78. The van der Waals surface area contributed by atoms with Crippen LogP contribution in [0.15, 0.2) is 22.3 Å². The lowest BCUT2D eigenvalue weighted by molar-refractivity contribution is -0.161. The van der Waals surface area contributed by atoms with E-state index in [0.717, 1.165) is 30.4 Å². The molecule has 0 unspecified atom stereocenters. The molecule has 4 heteroatoms. The fourth-order valence-corrected chi connectivity index (χ4v) is 4.39. The monoisotopic (exact) mass is 330 g/mol. The van der Waals surface area contributed by atoms with Crippen LogP contribution in [-0.4, -0.2) is 11.8 Å². The van der Waals surface area contributed by atoms with E-state index in [0.29, 0.717) is 17.3 Å². The van der Waals surface area contributed by atoms with Crippen molar-refractivity contribution >= 4 is 11.8 Å². The van der Waals surface area contributed by atoms with Crippen molar-refractivity contribution in [1.82, 2.24) is 0 Å². The van der Waals surface area contributed by atoms with Crippen LogP contribution in [-0.2, 0) is 9.53 Å². The van der Waals surface area contributed by atoms with Gasteiger partial charge in [-0.2, -0.15) is 0 Å². The lowest BCUT2D eigenvalue weighted by atomic mass is 9.54. The molecule has 130 valence electrons. The first-order valence-corrected chi connectivity index (χ1v) is 8.78. The molecule has 3 rings (SSSR count). The van der Waals surface area contributed by atoms with E-state index in [9.17, 15) is 9.59 Å². The molecule has 2 aliphatic rings. The molecule has 0 spiro atoms. The van der Waals surface area contributed by atoms with E-state index in [1.54, 1.807) is 19.3 Å². The van der Waals surface area contributed by atoms with Gasteiger partial charge in [0.15, 0.2) is 5.76 Å². The molecular formula is C20H26O4. The first kappa shape index (κ1) is 17.0. The van der Waals surface area contributed by atoms with Crippen molar-refractivity contribution in [2.24, 2.45) is 17.3 Å². The molecule has 1 aromatic rings. The molecule has 1 heterocycles. The molecule has 4 nitrogen and oxygen atoms in total. The molecule has 1 fully saturated rings. The van der Waals surface area contributed by atoms with E-state index >= 15 is 0 Å². The number of allylic oxidation sites excluding steroid dienone is 1. The van der Waals surface area contributed by atoms with Crippen LogP contribution in [0.5, 0.6) is 0 Å². The Morgan fingerprint density at radius 2 is 2.12 bits per heavy atom. The van der Waals surface area contributed by atoms with Crippen LogP contribution in [0.4, 0.5) is 0 Å². The van der Waals surface area contributed by atoms with Gasteiger partial charge in [0.1, 0.15) is 6.10 Å². The minimum Gasteiger partial charge on any atom is -0.461 e. The van der Waals surface area contributed by atoms with Crippen LogP contribution in [0, 0.1) is 24.2 Å². The number of esters is 1. The first-order valence-electron chi connectivity index (χ1n) is 8.78. The second-order valence-electron chi connectivity index (χ2n) is 7.53. The highest BCUT2D eigenvalue weighted by Gasteiger charge is 2.58. The number of ketones is 1. The number of carbonyl (C=O) groups excluding carboxylic acids is 2. The van der Waals surface area contributed by atoms with E-state index in [4.69, 9.17) is 9.15 Å². The third-order valence-electron chi connectivity index (χ3n) is 6.31. The van der Waals surface area contributed by atoms with Gasteiger partial charge in [-0.05, 0) is 45.1 Å². The Morgan fingerprint density at radius 3 is 2.79 bits per heavy atom. The Bertz CT molecular complexity index is 711. The molecule has 1 saturated carbocycles. The molecule has 4 atom stereocenters. The van der Waals surface area contributed by atoms with E-state index < -0.39 is 6.10 Å². The molecule has 0 radical (unpaired) electrons. The highest BCUT2D eigenvalue weighted by atomic mass is 16.5. The van der Waals surface area contributed by atoms with Crippen LogP contribution < -0.4 is 0 Å². The maximum absolute atomic E-state index is 13.0. The maximum atomic E-state index is 13.0. The van der Waals surface area contributed by atoms with Gasteiger partial charge in [-0.25, -0.2) is 4.79 Å². The average Bonchev–Trinajstić information content (AvgIpc) is 2.94. The van der Waals surface area contributed by atoms with Crippen molar-refractivity contribution in [3.63, 3.8) is 0 Å². The minimum absolute atomic E-state index is 0.0715. The Balaban J connectivity index is 2.14. The normalized spacial score (nSPS) is 33.0. The Hall–Kier alpha value is -1.84. The number of fused-ring (bicyclic) bond motifs is 2. The summed E-state index contributed by atoms with van der Waals surface area (Å²) in [6.45, 7) is 9.77. The van der Waals surface area contributed by atoms with Gasteiger partial charge in [0.2, 0.25) is 5.78 Å². The van der Waals surface area contributed by atoms with Crippen LogP contribution in [0.3, 0.4) is 0 Å². The number of ether oxygens (including phenoxy) is 1. The quantitative estimate of drug-likeness (QED) is 0.578. The zero-order valence-electron chi connectivity index (χ0n) is 15.1. The van der Waals surface area contributed by atoms with Crippen molar-refractivity contribution in [2.45, 2.75) is 60.0 Å². The Kier molecular flexibility index (Phi) is 4.18. The lowest BCUT2D eigenvalue weighted by Gasteiger charge is -2.51. The lowest BCUT2D eigenvalue weighted by Crippen LogP contribution is -2.50. The molecule has 1 aromatic heterocycles. The standard InChI is InChI=1S/C20H26O4/c1-6-11(2)19(22)24-18-15-12(3)10-23-17(15)16(21)14-9-7-8-13(4)20(14,18)5/h6,10,13-14,18H,7-9H2,1-5H3/b11-6+/t13-,14-,18+,20+/m0/s1. The number of aryl methyl sites for hydroxylation is 1. The fraction of sp³-hybridized carbons (Fsp3) is 0.600. The van der Waals surface area contributed by atoms with Gasteiger partial charge < -0.3 is 9.15 Å². The number of hydrogen-bond donors (Lipinski definition) is 0. The van der Waals surface area contributed by atoms with Crippen molar-refractivity contribution in [3.05, 3.63) is 34.8 Å². The molecule has 0 amide bonds. The molecule has 24 heavy (non-hydrogen) atoms. The van der Waals surface area contributed by atoms with E-state index in [1.165, 1.54) is 0 Å². The maximum Gasteiger partial charge on any atom is 0.334 e. The second-order valence-corrected chi connectivity index (χ2v) is 7.53. The SMILES string of the molecule is C/C=C(\C)C(=O)O[C@@H]1c2c(C)coc2C(=O)[C@@H]2CCC[C@H](C)[C@@]12C. The number of rotatable bonds is 2. The van der Waals surface area contributed by atoms with Crippen molar-refractivity contribution in [3.8, 4) is 0 Å². The van der Waals surface area contributed by atoms with Gasteiger partial charge in [0, 0.05) is 22.5 Å². The first-order chi connectivity index (χ1) is 11.3. The Labute approximate surface area is 143 Å². The Morgan fingerprint density at radius 1 is 1.42 bits per heavy atom. The highest BCUT2D eigenvalue weighted by Crippen LogP contribution is 2.59. The third kappa shape index (κ3) is 2.27. The summed E-state index contributed by atoms with van der Waals surface area (Å²) in [7, 11) is 0. The van der Waals surface area contributed by atoms with E-state index in [-0.39, 0.29) is 23.1 Å². The van der Waals surface area contributed by atoms with E-state index in [1.807, 2.05) is 13.8 Å². The summed E-state index contributed by atoms with van der Waals surface area (Å²) in [4.78, 5) is 25.5. The summed E-state index contributed by atoms with van der Waals surface area (Å²) in [5.74, 6) is 0.290. The second kappa shape index (κ2) is 5.91. The number of carbonyl (C=O) groups is 2. The smallest absolute Gasteiger partial charge is 0.334 e. The predicted molar refractivity (Wildman–Crippen MR) is 90.7 cm³/mol. The van der Waals surface area contributed by atoms with Crippen molar-refractivity contribution in [2.75, 3.05) is 0 Å². The van der Waals surface area contributed by atoms with Gasteiger partial charge in [-0.3, -0.25) is 4.79 Å². The number of hydrogen-bond acceptors (Lipinski definition) is 4. The zero-order valence-corrected chi connectivity index (χ0v) is 15.1. The van der Waals surface area contributed by atoms with Gasteiger partial charge in [0.05, 0.1) is 6.26 Å². The molecule has 0 saturated heterocycles. The molecule has 0 aromatic carbocycles. The van der Waals surface area contributed by atoms with Crippen LogP contribution in [0.2, 0.25) is 0 Å². The summed E-state index contributed by atoms with van der Waals surface area (Å²) >= 11 is 0. The van der Waals surface area contributed by atoms with Gasteiger partial charge in [-0.15, -0.1) is 0 Å². The fourth-order valence-electron chi connectivity index (χ4n) is 4.39. The number of furan rings is 1. The largest absolute Gasteiger partial charge is 0.461 e. The summed E-state index contributed by atoms with van der Waals surface area (Å²) < 4.78 is 11.6. The summed E-state index contributed by atoms with van der Waals surface area (Å²) in [5.41, 5.74) is 1.84. The summed E-state index contributed by atoms with van der Waals surface area (Å²) in [5, 5.41) is 0. The van der Waals surface area contributed by atoms with Crippen molar-refractivity contribution < 1.29 is 18.7 Å². The molecule has 2 aliphatic carbocycles. The zero-order chi connectivity index (χ0) is 17.6. The number of Topliss-reactive ketones (excluding diaryl/α,β-unsaturated/α-hetero) is 1.